The first-order chi connectivity index (χ1) is 6.55. The average Bonchev–Trinajstić information content (AvgIpc) is 2.14. The summed E-state index contributed by atoms with van der Waals surface area (Å²) in [5, 5.41) is 2.77. The number of terminal acetylenes is 1. The molecule has 0 heterocycles. The van der Waals surface area contributed by atoms with E-state index in [2.05, 4.69) is 11.2 Å². The van der Waals surface area contributed by atoms with E-state index in [1.54, 1.807) is 0 Å². The molecular formula is C10H14F3N. The van der Waals surface area contributed by atoms with Crippen molar-refractivity contribution in [2.45, 2.75) is 37.9 Å². The van der Waals surface area contributed by atoms with Gasteiger partial charge in [0.25, 0.3) is 0 Å². The second-order valence-electron chi connectivity index (χ2n) is 3.62. The summed E-state index contributed by atoms with van der Waals surface area (Å²) in [4.78, 5) is 0. The van der Waals surface area contributed by atoms with Crippen molar-refractivity contribution in [2.24, 2.45) is 5.92 Å². The summed E-state index contributed by atoms with van der Waals surface area (Å²) in [6.07, 6.45) is 3.24. The zero-order chi connectivity index (χ0) is 10.6. The molecule has 0 aromatic rings. The Morgan fingerprint density at radius 1 is 1.29 bits per heavy atom. The first-order valence-corrected chi connectivity index (χ1v) is 4.79. The highest BCUT2D eigenvalue weighted by Crippen LogP contribution is 2.37. The molecule has 4 heteroatoms. The normalized spacial score (nSPS) is 28.4. The quantitative estimate of drug-likeness (QED) is 0.682. The van der Waals surface area contributed by atoms with Gasteiger partial charge >= 0.3 is 6.18 Å². The fourth-order valence-electron chi connectivity index (χ4n) is 1.96. The largest absolute Gasteiger partial charge is 0.393 e. The van der Waals surface area contributed by atoms with Crippen LogP contribution in [-0.4, -0.2) is 18.8 Å². The Morgan fingerprint density at radius 2 is 1.93 bits per heavy atom. The van der Waals surface area contributed by atoms with Gasteiger partial charge in [-0.1, -0.05) is 18.8 Å². The van der Waals surface area contributed by atoms with Crippen LogP contribution in [0, 0.1) is 18.3 Å². The molecular weight excluding hydrogens is 191 g/mol. The number of halogens is 3. The van der Waals surface area contributed by atoms with Gasteiger partial charge in [0.1, 0.15) is 0 Å². The van der Waals surface area contributed by atoms with E-state index in [0.29, 0.717) is 12.8 Å². The third kappa shape index (κ3) is 2.91. The summed E-state index contributed by atoms with van der Waals surface area (Å²) in [7, 11) is 0. The molecule has 0 radical (unpaired) electrons. The minimum atomic E-state index is -4.09. The molecule has 1 fully saturated rings. The third-order valence-corrected chi connectivity index (χ3v) is 2.65. The van der Waals surface area contributed by atoms with Gasteiger partial charge in [0, 0.05) is 6.04 Å². The summed E-state index contributed by atoms with van der Waals surface area (Å²) in [6.45, 7) is 0.219. The molecule has 14 heavy (non-hydrogen) atoms. The third-order valence-electron chi connectivity index (χ3n) is 2.65. The topological polar surface area (TPSA) is 12.0 Å². The van der Waals surface area contributed by atoms with Gasteiger partial charge in [-0.3, -0.25) is 0 Å². The molecule has 2 unspecified atom stereocenters. The number of rotatable bonds is 2. The Hall–Kier alpha value is -0.690. The lowest BCUT2D eigenvalue weighted by Gasteiger charge is -2.33. The first-order valence-electron chi connectivity index (χ1n) is 4.79. The maximum atomic E-state index is 12.5. The number of hydrogen-bond donors (Lipinski definition) is 1. The summed E-state index contributed by atoms with van der Waals surface area (Å²) in [6, 6.07) is -0.486. The summed E-state index contributed by atoms with van der Waals surface area (Å²) in [5.74, 6) is 1.09. The zero-order valence-electron chi connectivity index (χ0n) is 7.90. The van der Waals surface area contributed by atoms with E-state index < -0.39 is 18.1 Å². The van der Waals surface area contributed by atoms with E-state index in [0.717, 1.165) is 6.42 Å². The van der Waals surface area contributed by atoms with E-state index in [1.165, 1.54) is 0 Å². The van der Waals surface area contributed by atoms with Crippen LogP contribution in [0.3, 0.4) is 0 Å². The fraction of sp³-hybridized carbons (Fsp3) is 0.800. The Labute approximate surface area is 82.1 Å². The number of nitrogens with one attached hydrogen (secondary N) is 1. The van der Waals surface area contributed by atoms with Crippen LogP contribution in [0.1, 0.15) is 25.7 Å². The lowest BCUT2D eigenvalue weighted by atomic mass is 9.84. The Morgan fingerprint density at radius 3 is 2.50 bits per heavy atom. The zero-order valence-corrected chi connectivity index (χ0v) is 7.90. The first kappa shape index (κ1) is 11.4. The summed E-state index contributed by atoms with van der Waals surface area (Å²) in [5.41, 5.74) is 0. The van der Waals surface area contributed by atoms with Crippen LogP contribution < -0.4 is 5.32 Å². The van der Waals surface area contributed by atoms with Crippen LogP contribution in [0.2, 0.25) is 0 Å². The Bertz CT molecular complexity index is 216. The predicted octanol–water partition coefficient (Wildman–Crippen LogP) is 2.33. The lowest BCUT2D eigenvalue weighted by molar-refractivity contribution is -0.188. The lowest BCUT2D eigenvalue weighted by Crippen LogP contribution is -2.45. The van der Waals surface area contributed by atoms with Crippen molar-refractivity contribution in [3.05, 3.63) is 0 Å². The fourth-order valence-corrected chi connectivity index (χ4v) is 1.96. The molecule has 1 aliphatic rings. The van der Waals surface area contributed by atoms with Crippen molar-refractivity contribution in [1.29, 1.82) is 0 Å². The smallest absolute Gasteiger partial charge is 0.303 e. The Kier molecular flexibility index (Phi) is 3.82. The molecule has 1 rings (SSSR count). The van der Waals surface area contributed by atoms with Gasteiger partial charge in [-0.15, -0.1) is 6.42 Å². The second kappa shape index (κ2) is 4.70. The highest BCUT2D eigenvalue weighted by Gasteiger charge is 2.45. The van der Waals surface area contributed by atoms with Gasteiger partial charge in [-0.25, -0.2) is 0 Å². The van der Waals surface area contributed by atoms with Gasteiger partial charge in [-0.05, 0) is 12.8 Å². The molecule has 0 amide bonds. The van der Waals surface area contributed by atoms with Crippen molar-refractivity contribution in [3.8, 4) is 12.3 Å². The summed E-state index contributed by atoms with van der Waals surface area (Å²) >= 11 is 0. The minimum absolute atomic E-state index is 0.219. The molecule has 0 spiro atoms. The highest BCUT2D eigenvalue weighted by molar-refractivity contribution is 4.92. The van der Waals surface area contributed by atoms with Gasteiger partial charge in [-0.2, -0.15) is 13.2 Å². The van der Waals surface area contributed by atoms with Gasteiger partial charge in [0.15, 0.2) is 0 Å². The molecule has 80 valence electrons. The highest BCUT2D eigenvalue weighted by atomic mass is 19.4. The van der Waals surface area contributed by atoms with Crippen LogP contribution >= 0.6 is 0 Å². The molecule has 1 N–H and O–H groups in total. The van der Waals surface area contributed by atoms with Gasteiger partial charge in [0.05, 0.1) is 12.5 Å². The SMILES string of the molecule is C#CCNC1CCCCC1C(F)(F)F. The molecule has 2 atom stereocenters. The maximum absolute atomic E-state index is 12.5. The van der Waals surface area contributed by atoms with Crippen molar-refractivity contribution < 1.29 is 13.2 Å². The van der Waals surface area contributed by atoms with Crippen LogP contribution in [0.5, 0.6) is 0 Å². The standard InChI is InChI=1S/C10H14F3N/c1-2-7-14-9-6-4-3-5-8(9)10(11,12)13/h1,8-9,14H,3-7H2. The minimum Gasteiger partial charge on any atom is -0.303 e. The van der Waals surface area contributed by atoms with Crippen molar-refractivity contribution in [1.82, 2.24) is 5.32 Å². The Balaban J connectivity index is 2.56. The van der Waals surface area contributed by atoms with E-state index >= 15 is 0 Å². The monoisotopic (exact) mass is 205 g/mol. The molecule has 0 saturated heterocycles. The molecule has 1 nitrogen and oxygen atoms in total. The van der Waals surface area contributed by atoms with Crippen molar-refractivity contribution in [3.63, 3.8) is 0 Å². The molecule has 0 aliphatic heterocycles. The second-order valence-corrected chi connectivity index (χ2v) is 3.62. The van der Waals surface area contributed by atoms with Crippen LogP contribution in [-0.2, 0) is 0 Å². The molecule has 1 saturated carbocycles. The maximum Gasteiger partial charge on any atom is 0.393 e. The van der Waals surface area contributed by atoms with Gasteiger partial charge in [0.2, 0.25) is 0 Å². The van der Waals surface area contributed by atoms with E-state index in [9.17, 15) is 13.2 Å². The summed E-state index contributed by atoms with van der Waals surface area (Å²) < 4.78 is 37.6. The van der Waals surface area contributed by atoms with Crippen LogP contribution in [0.25, 0.3) is 0 Å². The van der Waals surface area contributed by atoms with Crippen LogP contribution in [0.15, 0.2) is 0 Å². The molecule has 0 aromatic carbocycles. The predicted molar refractivity (Wildman–Crippen MR) is 48.6 cm³/mol. The van der Waals surface area contributed by atoms with Crippen molar-refractivity contribution in [2.75, 3.05) is 6.54 Å². The average molecular weight is 205 g/mol. The molecule has 0 bridgehead atoms. The van der Waals surface area contributed by atoms with E-state index in [1.807, 2.05) is 0 Å². The molecule has 0 aromatic heterocycles. The van der Waals surface area contributed by atoms with E-state index in [4.69, 9.17) is 6.42 Å². The number of hydrogen-bond acceptors (Lipinski definition) is 1. The number of alkyl halides is 3. The van der Waals surface area contributed by atoms with E-state index in [-0.39, 0.29) is 13.0 Å². The molecule has 1 aliphatic carbocycles. The van der Waals surface area contributed by atoms with Crippen LogP contribution in [0.4, 0.5) is 13.2 Å². The van der Waals surface area contributed by atoms with Gasteiger partial charge < -0.3 is 5.32 Å². The van der Waals surface area contributed by atoms with Crippen molar-refractivity contribution >= 4 is 0 Å².